The van der Waals surface area contributed by atoms with Crippen molar-refractivity contribution in [1.29, 1.82) is 0 Å². The minimum Gasteiger partial charge on any atom is -0.370 e. The van der Waals surface area contributed by atoms with Gasteiger partial charge in [0.2, 0.25) is 5.91 Å². The molecule has 19 heavy (non-hydrogen) atoms. The zero-order valence-corrected chi connectivity index (χ0v) is 10.9. The summed E-state index contributed by atoms with van der Waals surface area (Å²) in [7, 11) is 1.58. The van der Waals surface area contributed by atoms with Crippen LogP contribution in [-0.4, -0.2) is 38.6 Å². The van der Waals surface area contributed by atoms with Crippen LogP contribution in [0.1, 0.15) is 15.9 Å². The van der Waals surface area contributed by atoms with Gasteiger partial charge in [-0.3, -0.25) is 9.59 Å². The van der Waals surface area contributed by atoms with E-state index >= 15 is 0 Å². The summed E-state index contributed by atoms with van der Waals surface area (Å²) in [5, 5.41) is 5.26. The van der Waals surface area contributed by atoms with E-state index in [1.807, 2.05) is 0 Å². The average molecular weight is 265 g/mol. The summed E-state index contributed by atoms with van der Waals surface area (Å²) in [6.45, 7) is 1.18. The minimum absolute atomic E-state index is 0.00746. The molecule has 1 aromatic carbocycles. The quantitative estimate of drug-likeness (QED) is 0.587. The largest absolute Gasteiger partial charge is 0.370 e. The van der Waals surface area contributed by atoms with Gasteiger partial charge in [-0.15, -0.1) is 0 Å². The van der Waals surface area contributed by atoms with Crippen LogP contribution in [0.3, 0.4) is 0 Å². The number of carbonyl (C=O) groups excluding carboxylic acids is 2. The van der Waals surface area contributed by atoms with Gasteiger partial charge in [0.15, 0.2) is 0 Å². The van der Waals surface area contributed by atoms with E-state index in [4.69, 9.17) is 10.5 Å². The summed E-state index contributed by atoms with van der Waals surface area (Å²) >= 11 is 0. The molecule has 0 aliphatic rings. The lowest BCUT2D eigenvalue weighted by atomic mass is 10.1. The molecule has 0 bridgehead atoms. The topological polar surface area (TPSA) is 93.5 Å². The van der Waals surface area contributed by atoms with Crippen molar-refractivity contribution in [3.8, 4) is 0 Å². The van der Waals surface area contributed by atoms with Gasteiger partial charge in [0.25, 0.3) is 5.91 Å². The third-order valence-corrected chi connectivity index (χ3v) is 2.43. The lowest BCUT2D eigenvalue weighted by Crippen LogP contribution is -2.28. The molecule has 0 aliphatic heterocycles. The van der Waals surface area contributed by atoms with Crippen LogP contribution in [0.4, 0.5) is 0 Å². The van der Waals surface area contributed by atoms with Crippen LogP contribution in [0.25, 0.3) is 0 Å². The molecule has 0 radical (unpaired) electrons. The first kappa shape index (κ1) is 15.1. The average Bonchev–Trinajstić information content (AvgIpc) is 2.45. The number of rotatable bonds is 7. The summed E-state index contributed by atoms with van der Waals surface area (Å²) in [4.78, 5) is 22.7. The van der Waals surface area contributed by atoms with Crippen LogP contribution >= 0.6 is 0 Å². The number of hydrogen-bond acceptors (Lipinski definition) is 4. The Morgan fingerprint density at radius 3 is 2.53 bits per heavy atom. The van der Waals surface area contributed by atoms with Gasteiger partial charge in [0.1, 0.15) is 6.61 Å². The number of benzene rings is 1. The van der Waals surface area contributed by atoms with Crippen molar-refractivity contribution in [2.75, 3.05) is 26.8 Å². The van der Waals surface area contributed by atoms with Crippen LogP contribution in [0.2, 0.25) is 0 Å². The van der Waals surface area contributed by atoms with Crippen LogP contribution in [0, 0.1) is 0 Å². The van der Waals surface area contributed by atoms with E-state index in [0.717, 1.165) is 5.56 Å². The molecule has 0 spiro atoms. The second kappa shape index (κ2) is 8.23. The number of nitrogens with one attached hydrogen (secondary N) is 2. The summed E-state index contributed by atoms with van der Waals surface area (Å²) in [6.07, 6.45) is 0. The molecule has 1 rings (SSSR count). The predicted molar refractivity (Wildman–Crippen MR) is 71.6 cm³/mol. The molecule has 6 heteroatoms. The van der Waals surface area contributed by atoms with Crippen molar-refractivity contribution in [1.82, 2.24) is 10.6 Å². The van der Waals surface area contributed by atoms with Gasteiger partial charge in [-0.1, -0.05) is 12.1 Å². The Morgan fingerprint density at radius 2 is 1.95 bits per heavy atom. The molecule has 0 saturated carbocycles. The second-order valence-corrected chi connectivity index (χ2v) is 3.89. The number of carbonyl (C=O) groups is 2. The molecule has 0 aliphatic carbocycles. The molecule has 1 aromatic rings. The summed E-state index contributed by atoms with van der Waals surface area (Å²) < 4.78 is 5.01. The van der Waals surface area contributed by atoms with Crippen LogP contribution in [-0.2, 0) is 16.1 Å². The second-order valence-electron chi connectivity index (χ2n) is 3.89. The van der Waals surface area contributed by atoms with Gasteiger partial charge in [-0.05, 0) is 17.7 Å². The maximum absolute atomic E-state index is 11.4. The lowest BCUT2D eigenvalue weighted by molar-refractivity contribution is -0.125. The van der Waals surface area contributed by atoms with Crippen LogP contribution in [0.15, 0.2) is 24.3 Å². The highest BCUT2D eigenvalue weighted by Crippen LogP contribution is 2.04. The molecule has 0 heterocycles. The SMILES string of the molecule is CNC(=O)c1ccc(CNC(=O)COCCN)cc1. The van der Waals surface area contributed by atoms with Crippen molar-refractivity contribution in [3.63, 3.8) is 0 Å². The van der Waals surface area contributed by atoms with Gasteiger partial charge < -0.3 is 21.1 Å². The predicted octanol–water partition coefficient (Wildman–Crippen LogP) is -0.362. The first-order chi connectivity index (χ1) is 9.17. The van der Waals surface area contributed by atoms with E-state index in [9.17, 15) is 9.59 Å². The molecule has 4 N–H and O–H groups in total. The molecule has 104 valence electrons. The van der Waals surface area contributed by atoms with E-state index in [-0.39, 0.29) is 18.4 Å². The monoisotopic (exact) mass is 265 g/mol. The molecule has 6 nitrogen and oxygen atoms in total. The van der Waals surface area contributed by atoms with E-state index in [0.29, 0.717) is 25.3 Å². The van der Waals surface area contributed by atoms with E-state index < -0.39 is 0 Å². The minimum atomic E-state index is -0.191. The van der Waals surface area contributed by atoms with Gasteiger partial charge >= 0.3 is 0 Å². The molecular weight excluding hydrogens is 246 g/mol. The number of amides is 2. The van der Waals surface area contributed by atoms with Crippen molar-refractivity contribution >= 4 is 11.8 Å². The molecule has 0 saturated heterocycles. The fourth-order valence-corrected chi connectivity index (χ4v) is 1.42. The smallest absolute Gasteiger partial charge is 0.251 e. The fraction of sp³-hybridized carbons (Fsp3) is 0.385. The zero-order chi connectivity index (χ0) is 14.1. The highest BCUT2D eigenvalue weighted by Gasteiger charge is 2.04. The zero-order valence-electron chi connectivity index (χ0n) is 10.9. The first-order valence-corrected chi connectivity index (χ1v) is 6.03. The Kier molecular flexibility index (Phi) is 6.56. The molecular formula is C13H19N3O3. The maximum Gasteiger partial charge on any atom is 0.251 e. The van der Waals surface area contributed by atoms with Gasteiger partial charge in [-0.2, -0.15) is 0 Å². The van der Waals surface area contributed by atoms with Crippen LogP contribution < -0.4 is 16.4 Å². The van der Waals surface area contributed by atoms with Crippen molar-refractivity contribution < 1.29 is 14.3 Å². The third kappa shape index (κ3) is 5.50. The Balaban J connectivity index is 2.37. The summed E-state index contributed by atoms with van der Waals surface area (Å²) in [5.41, 5.74) is 6.74. The molecule has 0 atom stereocenters. The van der Waals surface area contributed by atoms with E-state index in [1.54, 1.807) is 31.3 Å². The van der Waals surface area contributed by atoms with E-state index in [2.05, 4.69) is 10.6 Å². The Bertz CT molecular complexity index is 418. The van der Waals surface area contributed by atoms with Crippen molar-refractivity contribution in [2.24, 2.45) is 5.73 Å². The number of hydrogen-bond donors (Lipinski definition) is 3. The fourth-order valence-electron chi connectivity index (χ4n) is 1.42. The number of ether oxygens (including phenoxy) is 1. The van der Waals surface area contributed by atoms with Gasteiger partial charge in [-0.25, -0.2) is 0 Å². The standard InChI is InChI=1S/C13H19N3O3/c1-15-13(18)11-4-2-10(3-5-11)8-16-12(17)9-19-7-6-14/h2-5H,6-9,14H2,1H3,(H,15,18)(H,16,17). The lowest BCUT2D eigenvalue weighted by Gasteiger charge is -2.06. The molecule has 0 aromatic heterocycles. The highest BCUT2D eigenvalue weighted by molar-refractivity contribution is 5.93. The van der Waals surface area contributed by atoms with E-state index in [1.165, 1.54) is 0 Å². The molecule has 0 unspecified atom stereocenters. The number of nitrogens with two attached hydrogens (primary N) is 1. The Hall–Kier alpha value is -1.92. The van der Waals surface area contributed by atoms with Crippen molar-refractivity contribution in [3.05, 3.63) is 35.4 Å². The normalized spacial score (nSPS) is 10.0. The molecule has 2 amide bonds. The van der Waals surface area contributed by atoms with Gasteiger partial charge in [0, 0.05) is 25.7 Å². The Morgan fingerprint density at radius 1 is 1.26 bits per heavy atom. The highest BCUT2D eigenvalue weighted by atomic mass is 16.5. The Labute approximate surface area is 112 Å². The molecule has 0 fully saturated rings. The maximum atomic E-state index is 11.4. The third-order valence-electron chi connectivity index (χ3n) is 2.43. The van der Waals surface area contributed by atoms with Crippen molar-refractivity contribution in [2.45, 2.75) is 6.54 Å². The first-order valence-electron chi connectivity index (χ1n) is 6.03. The van der Waals surface area contributed by atoms with Crippen LogP contribution in [0.5, 0.6) is 0 Å². The summed E-state index contributed by atoms with van der Waals surface area (Å²) in [6, 6.07) is 7.02. The van der Waals surface area contributed by atoms with Gasteiger partial charge in [0.05, 0.1) is 6.61 Å². The summed E-state index contributed by atoms with van der Waals surface area (Å²) in [5.74, 6) is -0.324.